The molecule has 0 aliphatic rings. The van der Waals surface area contributed by atoms with Crippen LogP contribution in [0.25, 0.3) is 11.3 Å². The summed E-state index contributed by atoms with van der Waals surface area (Å²) < 4.78 is 10.9. The summed E-state index contributed by atoms with van der Waals surface area (Å²) in [5.41, 5.74) is 4.84. The summed E-state index contributed by atoms with van der Waals surface area (Å²) in [6, 6.07) is 16.4. The van der Waals surface area contributed by atoms with E-state index in [0.29, 0.717) is 31.1 Å². The van der Waals surface area contributed by atoms with Gasteiger partial charge in [-0.05, 0) is 36.8 Å². The van der Waals surface area contributed by atoms with Crippen LogP contribution in [0, 0.1) is 0 Å². The van der Waals surface area contributed by atoms with E-state index >= 15 is 0 Å². The highest BCUT2D eigenvalue weighted by Crippen LogP contribution is 2.28. The first-order valence-corrected chi connectivity index (χ1v) is 11.2. The highest BCUT2D eigenvalue weighted by Gasteiger charge is 2.15. The number of ketones is 1. The molecule has 1 atom stereocenters. The SMILES string of the molecule is CCCC(=O)Cc1ccc(-c2cncc(CC(CCOC)c3ccccc3)n2)cc1OC. The normalized spacial score (nSPS) is 11.8. The van der Waals surface area contributed by atoms with Gasteiger partial charge in [-0.3, -0.25) is 9.78 Å². The lowest BCUT2D eigenvalue weighted by Crippen LogP contribution is -2.08. The molecule has 5 nitrogen and oxygen atoms in total. The van der Waals surface area contributed by atoms with Gasteiger partial charge >= 0.3 is 0 Å². The quantitative estimate of drug-likeness (QED) is 0.382. The summed E-state index contributed by atoms with van der Waals surface area (Å²) in [6.45, 7) is 2.71. The first-order chi connectivity index (χ1) is 15.6. The minimum Gasteiger partial charge on any atom is -0.496 e. The van der Waals surface area contributed by atoms with Crippen LogP contribution in [-0.4, -0.2) is 36.6 Å². The number of hydrogen-bond donors (Lipinski definition) is 0. The molecule has 2 aromatic carbocycles. The maximum absolute atomic E-state index is 12.1. The Bertz CT molecular complexity index is 1000. The van der Waals surface area contributed by atoms with Crippen molar-refractivity contribution < 1.29 is 14.3 Å². The fourth-order valence-electron chi connectivity index (χ4n) is 3.90. The predicted octanol–water partition coefficient (Wildman–Crippen LogP) is 5.43. The fraction of sp³-hybridized carbons (Fsp3) is 0.370. The van der Waals surface area contributed by atoms with Crippen LogP contribution in [0.15, 0.2) is 60.9 Å². The molecule has 1 heterocycles. The van der Waals surface area contributed by atoms with E-state index < -0.39 is 0 Å². The molecule has 0 radical (unpaired) electrons. The first kappa shape index (κ1) is 23.6. The van der Waals surface area contributed by atoms with E-state index in [1.807, 2.05) is 37.4 Å². The molecule has 0 amide bonds. The Labute approximate surface area is 190 Å². The number of aromatic nitrogens is 2. The van der Waals surface area contributed by atoms with E-state index in [4.69, 9.17) is 14.5 Å². The molecule has 0 bridgehead atoms. The van der Waals surface area contributed by atoms with Gasteiger partial charge in [0.1, 0.15) is 11.5 Å². The van der Waals surface area contributed by atoms with E-state index in [1.54, 1.807) is 20.4 Å². The van der Waals surface area contributed by atoms with Crippen molar-refractivity contribution in [1.29, 1.82) is 0 Å². The summed E-state index contributed by atoms with van der Waals surface area (Å²) in [5.74, 6) is 1.24. The smallest absolute Gasteiger partial charge is 0.137 e. The van der Waals surface area contributed by atoms with Crippen LogP contribution in [0.2, 0.25) is 0 Å². The second kappa shape index (κ2) is 12.1. The molecule has 0 fully saturated rings. The molecular formula is C27H32N2O3. The van der Waals surface area contributed by atoms with E-state index in [-0.39, 0.29) is 5.78 Å². The zero-order chi connectivity index (χ0) is 22.8. The highest BCUT2D eigenvalue weighted by atomic mass is 16.5. The van der Waals surface area contributed by atoms with Crippen molar-refractivity contribution in [2.45, 2.75) is 44.9 Å². The monoisotopic (exact) mass is 432 g/mol. The van der Waals surface area contributed by atoms with Crippen LogP contribution in [-0.2, 0) is 22.4 Å². The number of rotatable bonds is 12. The van der Waals surface area contributed by atoms with E-state index in [1.165, 1.54) is 5.56 Å². The number of methoxy groups -OCH3 is 2. The van der Waals surface area contributed by atoms with Gasteiger partial charge in [0.05, 0.1) is 24.7 Å². The second-order valence-corrected chi connectivity index (χ2v) is 7.98. The molecule has 0 N–H and O–H groups in total. The average Bonchev–Trinajstić information content (AvgIpc) is 2.83. The molecule has 0 spiro atoms. The molecule has 0 aliphatic heterocycles. The molecule has 3 aromatic rings. The minimum absolute atomic E-state index is 0.225. The molecule has 0 aliphatic carbocycles. The fourth-order valence-corrected chi connectivity index (χ4v) is 3.90. The number of carbonyl (C=O) groups is 1. The number of benzene rings is 2. The van der Waals surface area contributed by atoms with Crippen molar-refractivity contribution in [2.24, 2.45) is 0 Å². The molecule has 1 unspecified atom stereocenters. The number of carbonyl (C=O) groups excluding carboxylic acids is 1. The zero-order valence-electron chi connectivity index (χ0n) is 19.2. The number of hydrogen-bond acceptors (Lipinski definition) is 5. The molecule has 0 saturated heterocycles. The highest BCUT2D eigenvalue weighted by molar-refractivity contribution is 5.81. The third kappa shape index (κ3) is 6.47. The Balaban J connectivity index is 1.82. The first-order valence-electron chi connectivity index (χ1n) is 11.2. The van der Waals surface area contributed by atoms with E-state index in [2.05, 4.69) is 29.2 Å². The van der Waals surface area contributed by atoms with Crippen LogP contribution in [0.5, 0.6) is 5.75 Å². The molecule has 32 heavy (non-hydrogen) atoms. The Morgan fingerprint density at radius 3 is 2.59 bits per heavy atom. The summed E-state index contributed by atoms with van der Waals surface area (Å²) in [7, 11) is 3.37. The minimum atomic E-state index is 0.225. The van der Waals surface area contributed by atoms with Gasteiger partial charge in [-0.25, -0.2) is 4.98 Å². The molecular weight excluding hydrogens is 400 g/mol. The van der Waals surface area contributed by atoms with Crippen molar-refractivity contribution in [3.8, 4) is 17.0 Å². The molecule has 168 valence electrons. The van der Waals surface area contributed by atoms with Crippen LogP contribution in [0.4, 0.5) is 0 Å². The van der Waals surface area contributed by atoms with Crippen LogP contribution in [0.3, 0.4) is 0 Å². The summed E-state index contributed by atoms with van der Waals surface area (Å²) >= 11 is 0. The molecule has 5 heteroatoms. The molecule has 1 aromatic heterocycles. The van der Waals surface area contributed by atoms with Gasteiger partial charge in [0, 0.05) is 43.9 Å². The number of ether oxygens (including phenoxy) is 2. The summed E-state index contributed by atoms with van der Waals surface area (Å²) in [6.07, 6.45) is 7.14. The van der Waals surface area contributed by atoms with Crippen LogP contribution >= 0.6 is 0 Å². The molecule has 3 rings (SSSR count). The van der Waals surface area contributed by atoms with E-state index in [0.717, 1.165) is 41.8 Å². The van der Waals surface area contributed by atoms with Crippen LogP contribution < -0.4 is 4.74 Å². The van der Waals surface area contributed by atoms with Crippen molar-refractivity contribution in [3.05, 3.63) is 77.7 Å². The lowest BCUT2D eigenvalue weighted by molar-refractivity contribution is -0.118. The topological polar surface area (TPSA) is 61.3 Å². The number of Topliss-reactive ketones (excluding diaryl/α,β-unsaturated/α-hetero) is 1. The van der Waals surface area contributed by atoms with Crippen molar-refractivity contribution in [3.63, 3.8) is 0 Å². The van der Waals surface area contributed by atoms with Gasteiger partial charge in [-0.2, -0.15) is 0 Å². The largest absolute Gasteiger partial charge is 0.496 e. The van der Waals surface area contributed by atoms with Gasteiger partial charge in [-0.15, -0.1) is 0 Å². The third-order valence-corrected chi connectivity index (χ3v) is 5.58. The Morgan fingerprint density at radius 2 is 1.88 bits per heavy atom. The average molecular weight is 433 g/mol. The lowest BCUT2D eigenvalue weighted by atomic mass is 9.91. The van der Waals surface area contributed by atoms with Crippen molar-refractivity contribution in [2.75, 3.05) is 20.8 Å². The van der Waals surface area contributed by atoms with E-state index in [9.17, 15) is 4.79 Å². The maximum atomic E-state index is 12.1. The van der Waals surface area contributed by atoms with Crippen molar-refractivity contribution >= 4 is 5.78 Å². The zero-order valence-corrected chi connectivity index (χ0v) is 19.2. The summed E-state index contributed by atoms with van der Waals surface area (Å²) in [5, 5.41) is 0. The standard InChI is InChI=1S/C27H32N2O3/c1-4-8-25(30)16-23-12-11-22(17-27(23)32-3)26-19-28-18-24(29-26)15-21(13-14-31-2)20-9-6-5-7-10-20/h5-7,9-12,17-19,21H,4,8,13-16H2,1-3H3. The second-order valence-electron chi connectivity index (χ2n) is 7.98. The predicted molar refractivity (Wildman–Crippen MR) is 127 cm³/mol. The van der Waals surface area contributed by atoms with Gasteiger partial charge in [-0.1, -0.05) is 49.4 Å². The maximum Gasteiger partial charge on any atom is 0.137 e. The molecule has 0 saturated carbocycles. The lowest BCUT2D eigenvalue weighted by Gasteiger charge is -2.17. The Morgan fingerprint density at radius 1 is 1.06 bits per heavy atom. The Hall–Kier alpha value is -3.05. The van der Waals surface area contributed by atoms with Gasteiger partial charge in [0.15, 0.2) is 0 Å². The van der Waals surface area contributed by atoms with Crippen molar-refractivity contribution in [1.82, 2.24) is 9.97 Å². The third-order valence-electron chi connectivity index (χ3n) is 5.58. The van der Waals surface area contributed by atoms with Crippen LogP contribution in [0.1, 0.15) is 48.9 Å². The number of nitrogens with zero attached hydrogens (tertiary/aromatic N) is 2. The summed E-state index contributed by atoms with van der Waals surface area (Å²) in [4.78, 5) is 21.4. The van der Waals surface area contributed by atoms with Gasteiger partial charge in [0.2, 0.25) is 0 Å². The Kier molecular flexibility index (Phi) is 8.93. The van der Waals surface area contributed by atoms with Gasteiger partial charge in [0.25, 0.3) is 0 Å². The van der Waals surface area contributed by atoms with Gasteiger partial charge < -0.3 is 9.47 Å².